The first-order valence-corrected chi connectivity index (χ1v) is 10.2. The van der Waals surface area contributed by atoms with Crippen molar-refractivity contribution in [3.05, 3.63) is 59.7 Å². The van der Waals surface area contributed by atoms with E-state index < -0.39 is 0 Å². The van der Waals surface area contributed by atoms with Gasteiger partial charge in [-0.3, -0.25) is 4.99 Å². The van der Waals surface area contributed by atoms with E-state index >= 15 is 0 Å². The van der Waals surface area contributed by atoms with Crippen LogP contribution in [0.15, 0.2) is 53.5 Å². The molecule has 30 heavy (non-hydrogen) atoms. The Hall–Kier alpha value is -2.00. The minimum absolute atomic E-state index is 0. The molecule has 7 heteroatoms. The molecule has 0 aliphatic carbocycles. The zero-order valence-electron chi connectivity index (χ0n) is 18.1. The van der Waals surface area contributed by atoms with Crippen LogP contribution in [0.3, 0.4) is 0 Å². The monoisotopic (exact) mass is 527 g/mol. The van der Waals surface area contributed by atoms with Crippen LogP contribution in [0.5, 0.6) is 11.5 Å². The first-order chi connectivity index (χ1) is 14.2. The molecule has 0 aromatic heterocycles. The normalized spacial score (nSPS) is 11.9. The number of nitrogens with one attached hydrogen (secondary N) is 2. The molecular formula is C23H34IN3O3. The summed E-state index contributed by atoms with van der Waals surface area (Å²) < 4.78 is 11.3. The molecule has 1 atom stereocenters. The Morgan fingerprint density at radius 2 is 1.70 bits per heavy atom. The number of aliphatic hydroxyl groups excluding tert-OH is 1. The fourth-order valence-electron chi connectivity index (χ4n) is 3.03. The van der Waals surface area contributed by atoms with Crippen molar-refractivity contribution in [1.82, 2.24) is 10.6 Å². The molecule has 0 radical (unpaired) electrons. The molecule has 0 aliphatic heterocycles. The van der Waals surface area contributed by atoms with Crippen molar-refractivity contribution in [3.63, 3.8) is 0 Å². The number of nitrogens with zero attached hydrogens (tertiary/aromatic N) is 1. The van der Waals surface area contributed by atoms with Crippen molar-refractivity contribution < 1.29 is 14.6 Å². The van der Waals surface area contributed by atoms with E-state index in [0.29, 0.717) is 19.8 Å². The summed E-state index contributed by atoms with van der Waals surface area (Å²) in [6, 6.07) is 16.1. The Kier molecular flexibility index (Phi) is 12.9. The van der Waals surface area contributed by atoms with Gasteiger partial charge < -0.3 is 25.2 Å². The van der Waals surface area contributed by atoms with Crippen molar-refractivity contribution in [3.8, 4) is 11.5 Å². The average molecular weight is 527 g/mol. The fraction of sp³-hybridized carbons (Fsp3) is 0.435. The van der Waals surface area contributed by atoms with Gasteiger partial charge in [0.1, 0.15) is 0 Å². The maximum absolute atomic E-state index is 9.70. The largest absolute Gasteiger partial charge is 0.490 e. The van der Waals surface area contributed by atoms with Crippen molar-refractivity contribution >= 4 is 29.9 Å². The predicted octanol–water partition coefficient (Wildman–Crippen LogP) is 3.59. The van der Waals surface area contributed by atoms with Crippen molar-refractivity contribution in [2.75, 3.05) is 40.0 Å². The van der Waals surface area contributed by atoms with Crippen molar-refractivity contribution in [2.45, 2.75) is 26.2 Å². The Labute approximate surface area is 197 Å². The molecule has 0 bridgehead atoms. The summed E-state index contributed by atoms with van der Waals surface area (Å²) in [6.45, 7) is 6.57. The third kappa shape index (κ3) is 8.39. The highest BCUT2D eigenvalue weighted by atomic mass is 127. The standard InChI is InChI=1S/C23H33N3O3.HI/c1-4-28-21-12-11-18(15-22(21)29-5-2)13-14-25-23(24-3)26-16-20(17-27)19-9-7-6-8-10-19;/h6-12,15,20,27H,4-5,13-14,16-17H2,1-3H3,(H2,24,25,26);1H. The van der Waals surface area contributed by atoms with E-state index in [1.807, 2.05) is 56.3 Å². The highest BCUT2D eigenvalue weighted by Crippen LogP contribution is 2.28. The zero-order chi connectivity index (χ0) is 20.9. The molecule has 6 nitrogen and oxygen atoms in total. The van der Waals surface area contributed by atoms with Crippen molar-refractivity contribution in [2.24, 2.45) is 4.99 Å². The van der Waals surface area contributed by atoms with Gasteiger partial charge >= 0.3 is 0 Å². The molecular weight excluding hydrogens is 493 g/mol. The van der Waals surface area contributed by atoms with Crippen LogP contribution in [0.4, 0.5) is 0 Å². The van der Waals surface area contributed by atoms with Crippen molar-refractivity contribution in [1.29, 1.82) is 0 Å². The molecule has 0 amide bonds. The van der Waals surface area contributed by atoms with E-state index in [1.165, 1.54) is 0 Å². The van der Waals surface area contributed by atoms with Gasteiger partial charge in [-0.25, -0.2) is 0 Å². The maximum atomic E-state index is 9.70. The van der Waals surface area contributed by atoms with Gasteiger partial charge in [-0.05, 0) is 43.5 Å². The summed E-state index contributed by atoms with van der Waals surface area (Å²) in [5, 5.41) is 16.3. The first kappa shape index (κ1) is 26.0. The molecule has 2 aromatic carbocycles. The summed E-state index contributed by atoms with van der Waals surface area (Å²) in [4.78, 5) is 4.27. The summed E-state index contributed by atoms with van der Waals surface area (Å²) in [5.41, 5.74) is 2.27. The van der Waals surface area contributed by atoms with Gasteiger partial charge in [0.15, 0.2) is 17.5 Å². The Balaban J connectivity index is 0.00000450. The molecule has 2 aromatic rings. The fourth-order valence-corrected chi connectivity index (χ4v) is 3.03. The third-order valence-corrected chi connectivity index (χ3v) is 4.54. The van der Waals surface area contributed by atoms with Gasteiger partial charge in [-0.1, -0.05) is 36.4 Å². The molecule has 0 heterocycles. The minimum atomic E-state index is 0. The van der Waals surface area contributed by atoms with Crippen LogP contribution < -0.4 is 20.1 Å². The summed E-state index contributed by atoms with van der Waals surface area (Å²) >= 11 is 0. The molecule has 3 N–H and O–H groups in total. The lowest BCUT2D eigenvalue weighted by Gasteiger charge is -2.18. The Morgan fingerprint density at radius 1 is 1.00 bits per heavy atom. The molecule has 1 unspecified atom stereocenters. The Bertz CT molecular complexity index is 757. The van der Waals surface area contributed by atoms with E-state index in [2.05, 4.69) is 21.7 Å². The topological polar surface area (TPSA) is 75.1 Å². The van der Waals surface area contributed by atoms with Gasteiger partial charge in [-0.15, -0.1) is 24.0 Å². The molecule has 0 saturated carbocycles. The molecule has 2 rings (SSSR count). The number of aliphatic hydroxyl groups is 1. The lowest BCUT2D eigenvalue weighted by Crippen LogP contribution is -2.40. The van der Waals surface area contributed by atoms with Gasteiger partial charge in [0, 0.05) is 26.1 Å². The second-order valence-electron chi connectivity index (χ2n) is 6.57. The summed E-state index contributed by atoms with van der Waals surface area (Å²) in [7, 11) is 1.75. The van der Waals surface area contributed by atoms with Crippen LogP contribution >= 0.6 is 24.0 Å². The SMILES string of the molecule is CCOc1ccc(CCNC(=NC)NCC(CO)c2ccccc2)cc1OCC.I. The lowest BCUT2D eigenvalue weighted by atomic mass is 10.0. The van der Waals surface area contributed by atoms with E-state index in [-0.39, 0.29) is 36.5 Å². The number of ether oxygens (including phenoxy) is 2. The third-order valence-electron chi connectivity index (χ3n) is 4.54. The Morgan fingerprint density at radius 3 is 2.33 bits per heavy atom. The number of guanidine groups is 1. The van der Waals surface area contributed by atoms with Crippen LogP contribution in [0, 0.1) is 0 Å². The van der Waals surface area contributed by atoms with Gasteiger partial charge in [-0.2, -0.15) is 0 Å². The number of halogens is 1. The maximum Gasteiger partial charge on any atom is 0.191 e. The smallest absolute Gasteiger partial charge is 0.191 e. The number of benzene rings is 2. The second kappa shape index (κ2) is 14.9. The first-order valence-electron chi connectivity index (χ1n) is 10.2. The summed E-state index contributed by atoms with van der Waals surface area (Å²) in [6.07, 6.45) is 0.829. The highest BCUT2D eigenvalue weighted by molar-refractivity contribution is 14.0. The van der Waals surface area contributed by atoms with Crippen LogP contribution in [0.2, 0.25) is 0 Å². The predicted molar refractivity (Wildman–Crippen MR) is 134 cm³/mol. The number of aliphatic imine (C=N–C) groups is 1. The number of rotatable bonds is 11. The quantitative estimate of drug-likeness (QED) is 0.237. The van der Waals surface area contributed by atoms with E-state index in [1.54, 1.807) is 7.05 Å². The van der Waals surface area contributed by atoms with Crippen LogP contribution in [0.1, 0.15) is 30.9 Å². The second-order valence-corrected chi connectivity index (χ2v) is 6.57. The molecule has 0 fully saturated rings. The average Bonchev–Trinajstić information content (AvgIpc) is 2.75. The number of hydrogen-bond donors (Lipinski definition) is 3. The van der Waals surface area contributed by atoms with Crippen LogP contribution in [-0.2, 0) is 6.42 Å². The molecule has 0 spiro atoms. The van der Waals surface area contributed by atoms with E-state index in [9.17, 15) is 5.11 Å². The molecule has 0 saturated heterocycles. The van der Waals surface area contributed by atoms with E-state index in [0.717, 1.165) is 41.6 Å². The molecule has 166 valence electrons. The lowest BCUT2D eigenvalue weighted by molar-refractivity contribution is 0.265. The van der Waals surface area contributed by atoms with E-state index in [4.69, 9.17) is 9.47 Å². The number of hydrogen-bond acceptors (Lipinski definition) is 4. The highest BCUT2D eigenvalue weighted by Gasteiger charge is 2.11. The van der Waals surface area contributed by atoms with Gasteiger partial charge in [0.05, 0.1) is 19.8 Å². The molecule has 0 aliphatic rings. The van der Waals surface area contributed by atoms with Gasteiger partial charge in [0.2, 0.25) is 0 Å². The minimum Gasteiger partial charge on any atom is -0.490 e. The summed E-state index contributed by atoms with van der Waals surface area (Å²) in [5.74, 6) is 2.30. The zero-order valence-corrected chi connectivity index (χ0v) is 20.4. The van der Waals surface area contributed by atoms with Crippen LogP contribution in [-0.4, -0.2) is 51.0 Å². The van der Waals surface area contributed by atoms with Crippen LogP contribution in [0.25, 0.3) is 0 Å². The van der Waals surface area contributed by atoms with Gasteiger partial charge in [0.25, 0.3) is 0 Å².